The first kappa shape index (κ1) is 33.4. The van der Waals surface area contributed by atoms with Gasteiger partial charge in [-0.2, -0.15) is 0 Å². The van der Waals surface area contributed by atoms with Gasteiger partial charge in [-0.3, -0.25) is 4.79 Å². The highest BCUT2D eigenvalue weighted by Crippen LogP contribution is 2.78. The molecule has 1 aromatic heterocycles. The predicted octanol–water partition coefficient (Wildman–Crippen LogP) is 8.91. The fourth-order valence-electron chi connectivity index (χ4n) is 11.8. The number of ether oxygens (including phenoxy) is 1. The molecule has 3 aromatic carbocycles. The van der Waals surface area contributed by atoms with Gasteiger partial charge in [0.25, 0.3) is 0 Å². The van der Waals surface area contributed by atoms with E-state index in [2.05, 4.69) is 32.1 Å². The molecule has 3 fully saturated rings. The van der Waals surface area contributed by atoms with Crippen LogP contribution in [-0.4, -0.2) is 45.2 Å². The zero-order chi connectivity index (χ0) is 35.9. The van der Waals surface area contributed by atoms with Crippen LogP contribution in [0.1, 0.15) is 74.9 Å². The van der Waals surface area contributed by atoms with E-state index in [-0.39, 0.29) is 36.1 Å². The summed E-state index contributed by atoms with van der Waals surface area (Å²) in [6.45, 7) is 4.96. The van der Waals surface area contributed by atoms with Crippen molar-refractivity contribution in [1.82, 2.24) is 4.90 Å². The lowest BCUT2D eigenvalue weighted by atomic mass is 9.32. The highest BCUT2D eigenvalue weighted by molar-refractivity contribution is 6.08. The van der Waals surface area contributed by atoms with E-state index in [1.54, 1.807) is 23.3 Å². The molecule has 8 unspecified atom stereocenters. The lowest BCUT2D eigenvalue weighted by Crippen LogP contribution is -2.67. The molecule has 268 valence electrons. The normalized spacial score (nSPS) is 35.7. The van der Waals surface area contributed by atoms with E-state index in [0.717, 1.165) is 47.6 Å². The Morgan fingerprint density at radius 3 is 2.37 bits per heavy atom. The van der Waals surface area contributed by atoms with Gasteiger partial charge < -0.3 is 24.3 Å². The average molecular weight is 698 g/mol. The molecule has 6 aliphatic carbocycles. The van der Waals surface area contributed by atoms with Crippen molar-refractivity contribution in [1.29, 1.82) is 0 Å². The smallest absolute Gasteiger partial charge is 0.415 e. The van der Waals surface area contributed by atoms with E-state index >= 15 is 0 Å². The number of nitrogens with zero attached hydrogens (tertiary/aromatic N) is 1. The highest BCUT2D eigenvalue weighted by Gasteiger charge is 2.74. The summed E-state index contributed by atoms with van der Waals surface area (Å²) < 4.78 is 11.8. The summed E-state index contributed by atoms with van der Waals surface area (Å²) in [6, 6.07) is 27.0. The Morgan fingerprint density at radius 1 is 0.846 bits per heavy atom. The molecule has 0 saturated heterocycles. The third kappa shape index (κ3) is 4.71. The average Bonchev–Trinajstić information content (AvgIpc) is 3.78. The third-order valence-corrected chi connectivity index (χ3v) is 14.6. The van der Waals surface area contributed by atoms with Crippen molar-refractivity contribution >= 4 is 22.6 Å². The van der Waals surface area contributed by atoms with Crippen LogP contribution in [0.2, 0.25) is 0 Å². The van der Waals surface area contributed by atoms with Crippen LogP contribution in [-0.2, 0) is 6.54 Å². The topological polar surface area (TPSA) is 100 Å². The Bertz CT molecular complexity index is 2110. The zero-order valence-corrected chi connectivity index (χ0v) is 30.0. The molecule has 2 bridgehead atoms. The number of aliphatic hydroxyl groups excluding tert-OH is 1. The van der Waals surface area contributed by atoms with Crippen molar-refractivity contribution < 1.29 is 29.0 Å². The SMILES string of the molecule is CC12CCC(O)CC13C=CC1(C(C(=O)c4ccco4)=C3)C2CCC2(C)C1CCC2(O)CN(Cc1ccccc1)C(=O)Oc1ccc2ccccc2c1. The van der Waals surface area contributed by atoms with E-state index in [9.17, 15) is 19.8 Å². The molecule has 2 N–H and O–H groups in total. The Morgan fingerprint density at radius 2 is 1.58 bits per heavy atom. The van der Waals surface area contributed by atoms with E-state index < -0.39 is 34.0 Å². The third-order valence-electron chi connectivity index (χ3n) is 14.6. The number of hydrogen-bond acceptors (Lipinski definition) is 6. The molecule has 10 rings (SSSR count). The van der Waals surface area contributed by atoms with Crippen LogP contribution in [0.5, 0.6) is 5.75 Å². The summed E-state index contributed by atoms with van der Waals surface area (Å²) in [5.41, 5.74) is -1.33. The minimum atomic E-state index is -1.24. The summed E-state index contributed by atoms with van der Waals surface area (Å²) >= 11 is 0. The van der Waals surface area contributed by atoms with Crippen LogP contribution >= 0.6 is 0 Å². The molecule has 3 saturated carbocycles. The van der Waals surface area contributed by atoms with Crippen LogP contribution in [0.4, 0.5) is 4.79 Å². The number of amides is 1. The number of rotatable bonds is 7. The van der Waals surface area contributed by atoms with E-state index in [1.165, 1.54) is 0 Å². The van der Waals surface area contributed by atoms with E-state index in [1.807, 2.05) is 72.8 Å². The Kier molecular flexibility index (Phi) is 7.56. The van der Waals surface area contributed by atoms with Crippen LogP contribution < -0.4 is 4.74 Å². The molecule has 0 aliphatic heterocycles. The molecule has 7 nitrogen and oxygen atoms in total. The Balaban J connectivity index is 1.09. The first-order valence-corrected chi connectivity index (χ1v) is 18.9. The van der Waals surface area contributed by atoms with Crippen LogP contribution in [0, 0.1) is 33.5 Å². The van der Waals surface area contributed by atoms with Gasteiger partial charge in [0.05, 0.1) is 24.5 Å². The fraction of sp³-hybridized carbons (Fsp3) is 0.422. The number of furan rings is 1. The lowest BCUT2D eigenvalue weighted by molar-refractivity contribution is -0.175. The highest BCUT2D eigenvalue weighted by atomic mass is 16.6. The molecule has 0 radical (unpaired) electrons. The zero-order valence-electron chi connectivity index (χ0n) is 30.0. The van der Waals surface area contributed by atoms with Crippen molar-refractivity contribution in [2.24, 2.45) is 33.5 Å². The number of fused-ring (bicyclic) bond motifs is 2. The van der Waals surface area contributed by atoms with Crippen LogP contribution in [0.15, 0.2) is 119 Å². The summed E-state index contributed by atoms with van der Waals surface area (Å²) in [7, 11) is 0. The van der Waals surface area contributed by atoms with Gasteiger partial charge in [-0.1, -0.05) is 92.7 Å². The minimum Gasteiger partial charge on any atom is -0.461 e. The van der Waals surface area contributed by atoms with Gasteiger partial charge in [-0.15, -0.1) is 0 Å². The summed E-state index contributed by atoms with van der Waals surface area (Å²) in [6.07, 6.45) is 12.4. The van der Waals surface area contributed by atoms with Gasteiger partial charge in [-0.05, 0) is 103 Å². The van der Waals surface area contributed by atoms with Gasteiger partial charge in [0.1, 0.15) is 5.75 Å². The Hall–Kier alpha value is -4.46. The van der Waals surface area contributed by atoms with Crippen molar-refractivity contribution in [2.75, 3.05) is 6.54 Å². The molecule has 52 heavy (non-hydrogen) atoms. The second kappa shape index (κ2) is 11.8. The van der Waals surface area contributed by atoms with Gasteiger partial charge in [0, 0.05) is 28.4 Å². The molecule has 4 aromatic rings. The molecular formula is C45H47NO6. The summed E-state index contributed by atoms with van der Waals surface area (Å²) in [5, 5.41) is 26.1. The molecule has 8 atom stereocenters. The fourth-order valence-corrected chi connectivity index (χ4v) is 11.8. The van der Waals surface area contributed by atoms with E-state index in [4.69, 9.17) is 9.15 Å². The number of ketones is 1. The predicted molar refractivity (Wildman–Crippen MR) is 198 cm³/mol. The Labute approximate surface area is 305 Å². The number of benzene rings is 3. The maximum absolute atomic E-state index is 14.5. The number of carbonyl (C=O) groups is 2. The van der Waals surface area contributed by atoms with Crippen molar-refractivity contribution in [3.8, 4) is 5.75 Å². The second-order valence-electron chi connectivity index (χ2n) is 16.8. The van der Waals surface area contributed by atoms with Crippen LogP contribution in [0.3, 0.4) is 0 Å². The van der Waals surface area contributed by atoms with Gasteiger partial charge in [0.2, 0.25) is 5.78 Å². The lowest BCUT2D eigenvalue weighted by Gasteiger charge is -2.71. The summed E-state index contributed by atoms with van der Waals surface area (Å²) in [4.78, 5) is 30.4. The molecule has 1 heterocycles. The monoisotopic (exact) mass is 697 g/mol. The van der Waals surface area contributed by atoms with Crippen molar-refractivity contribution in [3.63, 3.8) is 0 Å². The maximum atomic E-state index is 14.5. The minimum absolute atomic E-state index is 0.0535. The van der Waals surface area contributed by atoms with Crippen molar-refractivity contribution in [3.05, 3.63) is 126 Å². The van der Waals surface area contributed by atoms with Gasteiger partial charge >= 0.3 is 6.09 Å². The second-order valence-corrected chi connectivity index (χ2v) is 16.8. The largest absolute Gasteiger partial charge is 0.461 e. The van der Waals surface area contributed by atoms with Crippen LogP contribution in [0.25, 0.3) is 10.8 Å². The first-order chi connectivity index (χ1) is 25.0. The van der Waals surface area contributed by atoms with E-state index in [0.29, 0.717) is 30.8 Å². The standard InChI is InChI=1S/C45H47NO6/c1-41-19-16-33(47)26-43(41)22-23-45(35(27-43)39(48)36-13-8-24-51-36)37(41)17-20-42(2)38(45)18-21-44(42,50)29-46(28-30-9-4-3-5-10-30)40(49)52-34-15-14-31-11-6-7-12-32(31)25-34/h3-15,22-25,27,33,37-38,47,50H,16-21,26,28-29H2,1-2H3. The number of allylic oxidation sites excluding steroid dienone is 4. The molecule has 7 heteroatoms. The van der Waals surface area contributed by atoms with Gasteiger partial charge in [0.15, 0.2) is 5.76 Å². The molecule has 6 aliphatic rings. The maximum Gasteiger partial charge on any atom is 0.415 e. The van der Waals surface area contributed by atoms with Crippen molar-refractivity contribution in [2.45, 2.75) is 77.0 Å². The summed E-state index contributed by atoms with van der Waals surface area (Å²) in [5.74, 6) is 0.780. The number of aliphatic hydroxyl groups is 2. The number of carbonyl (C=O) groups excluding carboxylic acids is 2. The molecular weight excluding hydrogens is 650 g/mol. The molecule has 2 spiro atoms. The number of Topliss-reactive ketones (excluding diaryl/α,β-unsaturated/α-hetero) is 1. The number of hydrogen-bond donors (Lipinski definition) is 2. The first-order valence-electron chi connectivity index (χ1n) is 18.9. The molecule has 1 amide bonds. The van der Waals surface area contributed by atoms with Gasteiger partial charge in [-0.25, -0.2) is 4.79 Å². The quantitative estimate of drug-likeness (QED) is 0.148.